The van der Waals surface area contributed by atoms with E-state index in [0.29, 0.717) is 94.5 Å². The summed E-state index contributed by atoms with van der Waals surface area (Å²) in [5.74, 6) is 1.43. The first-order valence-electron chi connectivity index (χ1n) is 21.8. The molecular formula is C46H57BrN8O10. The summed E-state index contributed by atoms with van der Waals surface area (Å²) in [6, 6.07) is 15.1. The van der Waals surface area contributed by atoms with Gasteiger partial charge in [0, 0.05) is 83.6 Å². The van der Waals surface area contributed by atoms with Gasteiger partial charge in [0.05, 0.1) is 67.8 Å². The van der Waals surface area contributed by atoms with Crippen LogP contribution in [0.25, 0.3) is 0 Å². The third kappa shape index (κ3) is 12.9. The number of halogens is 1. The molecule has 3 aromatic carbocycles. The number of benzene rings is 3. The first kappa shape index (κ1) is 47.5. The lowest BCUT2D eigenvalue weighted by molar-refractivity contribution is -0.385. The predicted molar refractivity (Wildman–Crippen MR) is 247 cm³/mol. The number of amides is 3. The molecule has 0 spiro atoms. The maximum atomic E-state index is 13.2. The zero-order valence-corrected chi connectivity index (χ0v) is 38.7. The van der Waals surface area contributed by atoms with E-state index < -0.39 is 6.03 Å². The maximum Gasteiger partial charge on any atom is 0.325 e. The molecule has 4 atom stereocenters. The number of nitro groups is 1. The van der Waals surface area contributed by atoms with Gasteiger partial charge in [0.15, 0.2) is 5.82 Å². The summed E-state index contributed by atoms with van der Waals surface area (Å²) >= 11 is 3.54. The van der Waals surface area contributed by atoms with Crippen molar-refractivity contribution >= 4 is 50.7 Å². The number of hydrogen-bond donors (Lipinski definition) is 4. The largest absolute Gasteiger partial charge is 0.491 e. The molecule has 1 unspecified atom stereocenters. The quantitative estimate of drug-likeness (QED) is 0.0403. The van der Waals surface area contributed by atoms with E-state index in [-0.39, 0.29) is 46.1 Å². The number of nitro benzene ring substituents is 1. The van der Waals surface area contributed by atoms with E-state index in [2.05, 4.69) is 65.9 Å². The Kier molecular flexibility index (Phi) is 16.2. The van der Waals surface area contributed by atoms with Crippen LogP contribution in [0.3, 0.4) is 0 Å². The Morgan fingerprint density at radius 1 is 0.954 bits per heavy atom. The zero-order chi connectivity index (χ0) is 45.9. The molecule has 0 saturated carbocycles. The highest BCUT2D eigenvalue weighted by atomic mass is 79.9. The third-order valence-corrected chi connectivity index (χ3v) is 12.5. The van der Waals surface area contributed by atoms with Crippen LogP contribution in [0.2, 0.25) is 0 Å². The summed E-state index contributed by atoms with van der Waals surface area (Å²) in [5.41, 5.74) is 4.07. The SMILES string of the molecule is Cc1cnc(NC(=O)Nc2cc(Br)c(C)cc2OC[C@@H]2CN(CCOCCOCCOc3ccc(C(=O)NCC(C)(C)C4Nc5ccc([N+](=O)[O-])cc5[C@H]5OCC[C@@H]45)cc3)CCO2)cn1. The van der Waals surface area contributed by atoms with Crippen molar-refractivity contribution in [2.24, 2.45) is 11.3 Å². The van der Waals surface area contributed by atoms with E-state index >= 15 is 0 Å². The summed E-state index contributed by atoms with van der Waals surface area (Å²) in [6.45, 7) is 14.2. The predicted octanol–water partition coefficient (Wildman–Crippen LogP) is 6.93. The molecule has 2 saturated heterocycles. The Hall–Kier alpha value is -5.44. The van der Waals surface area contributed by atoms with Crippen LogP contribution >= 0.6 is 15.9 Å². The Morgan fingerprint density at radius 2 is 1.74 bits per heavy atom. The van der Waals surface area contributed by atoms with Crippen LogP contribution in [-0.4, -0.2) is 123 Å². The van der Waals surface area contributed by atoms with Crippen LogP contribution in [0.4, 0.5) is 27.7 Å². The van der Waals surface area contributed by atoms with Crippen molar-refractivity contribution in [1.82, 2.24) is 20.2 Å². The van der Waals surface area contributed by atoms with E-state index in [4.69, 9.17) is 28.4 Å². The second-order valence-corrected chi connectivity index (χ2v) is 17.8. The highest BCUT2D eigenvalue weighted by Crippen LogP contribution is 2.49. The number of carbonyl (C=O) groups is 2. The maximum absolute atomic E-state index is 13.2. The fraction of sp³-hybridized carbons (Fsp3) is 0.478. The number of aryl methyl sites for hydroxylation is 2. The number of hydrogen-bond acceptors (Lipinski definition) is 14. The van der Waals surface area contributed by atoms with Crippen molar-refractivity contribution in [1.29, 1.82) is 0 Å². The lowest BCUT2D eigenvalue weighted by Crippen LogP contribution is -2.51. The van der Waals surface area contributed by atoms with Gasteiger partial charge in [0.2, 0.25) is 0 Å². The third-order valence-electron chi connectivity index (χ3n) is 11.7. The minimum atomic E-state index is -0.467. The molecule has 3 aliphatic heterocycles. The number of fused-ring (bicyclic) bond motifs is 3. The molecule has 3 aliphatic rings. The Morgan fingerprint density at radius 3 is 2.51 bits per heavy atom. The number of rotatable bonds is 20. The van der Waals surface area contributed by atoms with Gasteiger partial charge in [-0.2, -0.15) is 0 Å². The lowest BCUT2D eigenvalue weighted by atomic mass is 9.71. The summed E-state index contributed by atoms with van der Waals surface area (Å²) in [7, 11) is 0. The molecule has 4 aromatic rings. The van der Waals surface area contributed by atoms with E-state index in [9.17, 15) is 19.7 Å². The number of urea groups is 1. The first-order chi connectivity index (χ1) is 31.3. The number of nitrogens with zero attached hydrogens (tertiary/aromatic N) is 4. The van der Waals surface area contributed by atoms with Crippen molar-refractivity contribution in [3.05, 3.63) is 104 Å². The fourth-order valence-electron chi connectivity index (χ4n) is 8.17. The molecule has 4 N–H and O–H groups in total. The van der Waals surface area contributed by atoms with Gasteiger partial charge in [-0.05, 0) is 68.3 Å². The van der Waals surface area contributed by atoms with Crippen LogP contribution in [0.15, 0.2) is 71.5 Å². The highest BCUT2D eigenvalue weighted by Gasteiger charge is 2.47. The smallest absolute Gasteiger partial charge is 0.325 e. The number of morpholine rings is 1. The molecule has 3 amide bonds. The zero-order valence-electron chi connectivity index (χ0n) is 37.1. The van der Waals surface area contributed by atoms with Gasteiger partial charge in [0.25, 0.3) is 11.6 Å². The van der Waals surface area contributed by atoms with Crippen molar-refractivity contribution < 1.29 is 42.9 Å². The molecule has 4 heterocycles. The average Bonchev–Trinajstić information content (AvgIpc) is 3.79. The van der Waals surface area contributed by atoms with Crippen LogP contribution in [0.5, 0.6) is 11.5 Å². The van der Waals surface area contributed by atoms with E-state index in [1.807, 2.05) is 19.9 Å². The summed E-state index contributed by atoms with van der Waals surface area (Å²) in [5, 5.41) is 23.6. The number of anilines is 3. The van der Waals surface area contributed by atoms with Gasteiger partial charge in [-0.1, -0.05) is 29.8 Å². The number of ether oxygens (including phenoxy) is 6. The molecular weight excluding hydrogens is 904 g/mol. The second kappa shape index (κ2) is 22.2. The molecule has 19 heteroatoms. The molecule has 7 rings (SSSR count). The van der Waals surface area contributed by atoms with Crippen molar-refractivity contribution in [2.75, 3.05) is 95.0 Å². The molecule has 1 aromatic heterocycles. The number of aromatic nitrogens is 2. The monoisotopic (exact) mass is 960 g/mol. The minimum absolute atomic E-state index is 0.0106. The Balaban J connectivity index is 0.751. The van der Waals surface area contributed by atoms with Crippen molar-refractivity contribution in [3.63, 3.8) is 0 Å². The Labute approximate surface area is 386 Å². The van der Waals surface area contributed by atoms with Gasteiger partial charge < -0.3 is 44.4 Å². The van der Waals surface area contributed by atoms with E-state index in [1.54, 1.807) is 48.7 Å². The molecule has 348 valence electrons. The van der Waals surface area contributed by atoms with Crippen molar-refractivity contribution in [3.8, 4) is 11.5 Å². The van der Waals surface area contributed by atoms with Gasteiger partial charge in [-0.25, -0.2) is 9.78 Å². The van der Waals surface area contributed by atoms with Gasteiger partial charge in [0.1, 0.15) is 30.8 Å². The molecule has 65 heavy (non-hydrogen) atoms. The van der Waals surface area contributed by atoms with Gasteiger partial charge in [-0.15, -0.1) is 0 Å². The number of nitrogens with one attached hydrogen (secondary N) is 4. The number of non-ortho nitro benzene ring substituents is 1. The summed E-state index contributed by atoms with van der Waals surface area (Å²) in [4.78, 5) is 47.5. The molecule has 0 radical (unpaired) electrons. The summed E-state index contributed by atoms with van der Waals surface area (Å²) in [6.07, 6.45) is 3.51. The average molecular weight is 962 g/mol. The summed E-state index contributed by atoms with van der Waals surface area (Å²) < 4.78 is 36.5. The fourth-order valence-corrected chi connectivity index (χ4v) is 8.51. The topological polar surface area (TPSA) is 210 Å². The molecule has 18 nitrogen and oxygen atoms in total. The van der Waals surface area contributed by atoms with E-state index in [1.165, 1.54) is 12.3 Å². The lowest BCUT2D eigenvalue weighted by Gasteiger charge is -2.44. The van der Waals surface area contributed by atoms with Crippen LogP contribution < -0.4 is 30.7 Å². The van der Waals surface area contributed by atoms with Crippen LogP contribution in [-0.2, 0) is 18.9 Å². The van der Waals surface area contributed by atoms with E-state index in [0.717, 1.165) is 46.5 Å². The van der Waals surface area contributed by atoms with Crippen molar-refractivity contribution in [2.45, 2.75) is 52.4 Å². The van der Waals surface area contributed by atoms with Crippen LogP contribution in [0, 0.1) is 35.3 Å². The first-order valence-corrected chi connectivity index (χ1v) is 22.6. The normalized spacial score (nSPS) is 19.3. The molecule has 0 aliphatic carbocycles. The minimum Gasteiger partial charge on any atom is -0.491 e. The standard InChI is InChI=1S/C46H57BrN8O10/c1-29-21-40(39(23-37(29)47)52-45(57)53-41-25-48-30(2)24-49-41)65-27-34-26-54(13-16-62-34)12-15-60-17-18-61-19-20-63-33-8-5-31(6-9-33)44(56)50-28-46(3,4)43-35-11-14-64-42(35)36-22-32(55(58)59)7-10-38(36)51-43/h5-10,21-25,34-35,42-43,51H,11-20,26-28H2,1-4H3,(H,50,56)(H2,49,52,53,57)/t34-,35+,42-,43?/m0/s1. The van der Waals surface area contributed by atoms with Gasteiger partial charge in [-0.3, -0.25) is 30.1 Å². The highest BCUT2D eigenvalue weighted by molar-refractivity contribution is 9.10. The Bertz CT molecular complexity index is 2270. The molecule has 2 fully saturated rings. The van der Waals surface area contributed by atoms with Gasteiger partial charge >= 0.3 is 6.03 Å². The molecule has 0 bridgehead atoms. The van der Waals surface area contributed by atoms with Crippen LogP contribution in [0.1, 0.15) is 53.6 Å². The number of carbonyl (C=O) groups excluding carboxylic acids is 2. The second-order valence-electron chi connectivity index (χ2n) is 17.0.